The van der Waals surface area contributed by atoms with Gasteiger partial charge in [-0.15, -0.1) is 0 Å². The van der Waals surface area contributed by atoms with E-state index in [4.69, 9.17) is 9.72 Å². The fourth-order valence-electron chi connectivity index (χ4n) is 5.34. The molecule has 3 N–H and O–H groups in total. The number of ether oxygens (including phenoxy) is 1. The zero-order chi connectivity index (χ0) is 27.5. The normalized spacial score (nSPS) is 17.8. The molecule has 2 fully saturated rings. The molecule has 0 amide bonds. The van der Waals surface area contributed by atoms with Crippen molar-refractivity contribution in [3.05, 3.63) is 66.5 Å². The van der Waals surface area contributed by atoms with Crippen LogP contribution in [0, 0.1) is 12.8 Å². The SMILES string of the molecule is Cc1ccc2c(NS(=O)(=O)CC3CCC3)cccc2c1Oc1ncccc1-c1ccnc(N[C@H]2CCCNC2)n1. The summed E-state index contributed by atoms with van der Waals surface area (Å²) in [5.41, 5.74) is 2.90. The second-order valence-corrected chi connectivity index (χ2v) is 12.5. The topological polar surface area (TPSA) is 118 Å². The van der Waals surface area contributed by atoms with Crippen molar-refractivity contribution in [3.8, 4) is 22.9 Å². The molecule has 9 nitrogen and oxygen atoms in total. The molecular formula is C30H34N6O3S. The molecule has 2 aromatic carbocycles. The fraction of sp³-hybridized carbons (Fsp3) is 0.367. The molecule has 0 bridgehead atoms. The molecule has 0 unspecified atom stereocenters. The van der Waals surface area contributed by atoms with Crippen molar-refractivity contribution in [2.75, 3.05) is 28.9 Å². The Morgan fingerprint density at radius 1 is 0.975 bits per heavy atom. The molecule has 3 heterocycles. The van der Waals surface area contributed by atoms with Gasteiger partial charge < -0.3 is 15.4 Å². The maximum Gasteiger partial charge on any atom is 0.233 e. The minimum Gasteiger partial charge on any atom is -0.437 e. The van der Waals surface area contributed by atoms with Crippen molar-refractivity contribution >= 4 is 32.4 Å². The summed E-state index contributed by atoms with van der Waals surface area (Å²) in [6.07, 6.45) is 8.67. The van der Waals surface area contributed by atoms with Gasteiger partial charge in [0.25, 0.3) is 0 Å². The van der Waals surface area contributed by atoms with Crippen LogP contribution in [0.3, 0.4) is 0 Å². The summed E-state index contributed by atoms with van der Waals surface area (Å²) in [6, 6.07) is 15.4. The lowest BCUT2D eigenvalue weighted by Gasteiger charge is -2.25. The lowest BCUT2D eigenvalue weighted by molar-refractivity contribution is 0.347. The van der Waals surface area contributed by atoms with E-state index in [1.165, 1.54) is 0 Å². The zero-order valence-corrected chi connectivity index (χ0v) is 23.4. The number of hydrogen-bond acceptors (Lipinski definition) is 8. The Morgan fingerprint density at radius 3 is 2.67 bits per heavy atom. The number of benzene rings is 2. The first kappa shape index (κ1) is 26.5. The molecule has 208 valence electrons. The van der Waals surface area contributed by atoms with Crippen molar-refractivity contribution in [1.29, 1.82) is 0 Å². The summed E-state index contributed by atoms with van der Waals surface area (Å²) in [6.45, 7) is 3.89. The molecule has 1 saturated heterocycles. The van der Waals surface area contributed by atoms with E-state index in [1.54, 1.807) is 18.5 Å². The van der Waals surface area contributed by atoms with Crippen molar-refractivity contribution in [1.82, 2.24) is 20.3 Å². The van der Waals surface area contributed by atoms with Gasteiger partial charge in [-0.1, -0.05) is 30.7 Å². The zero-order valence-electron chi connectivity index (χ0n) is 22.6. The summed E-state index contributed by atoms with van der Waals surface area (Å²) in [4.78, 5) is 13.7. The summed E-state index contributed by atoms with van der Waals surface area (Å²) in [7, 11) is -3.45. The van der Waals surface area contributed by atoms with Crippen molar-refractivity contribution in [2.45, 2.75) is 45.1 Å². The molecule has 1 aliphatic carbocycles. The first-order chi connectivity index (χ1) is 19.4. The number of sulfonamides is 1. The Bertz CT molecular complexity index is 1620. The van der Waals surface area contributed by atoms with Gasteiger partial charge in [-0.05, 0) is 74.9 Å². The van der Waals surface area contributed by atoms with Gasteiger partial charge in [-0.2, -0.15) is 0 Å². The molecule has 0 spiro atoms. The van der Waals surface area contributed by atoms with Gasteiger partial charge in [0.05, 0.1) is 22.7 Å². The highest BCUT2D eigenvalue weighted by molar-refractivity contribution is 7.92. The highest BCUT2D eigenvalue weighted by atomic mass is 32.2. The van der Waals surface area contributed by atoms with Gasteiger partial charge in [0.1, 0.15) is 5.75 Å². The molecule has 6 rings (SSSR count). The van der Waals surface area contributed by atoms with Gasteiger partial charge in [0.15, 0.2) is 0 Å². The summed E-state index contributed by atoms with van der Waals surface area (Å²) in [5, 5.41) is 8.41. The second kappa shape index (κ2) is 11.4. The van der Waals surface area contributed by atoms with Crippen LogP contribution in [-0.2, 0) is 10.0 Å². The largest absolute Gasteiger partial charge is 0.437 e. The van der Waals surface area contributed by atoms with Crippen LogP contribution >= 0.6 is 0 Å². The monoisotopic (exact) mass is 558 g/mol. The average Bonchev–Trinajstić information content (AvgIpc) is 2.93. The lowest BCUT2D eigenvalue weighted by Crippen LogP contribution is -2.38. The minimum atomic E-state index is -3.45. The van der Waals surface area contributed by atoms with E-state index in [-0.39, 0.29) is 17.7 Å². The number of aromatic nitrogens is 3. The van der Waals surface area contributed by atoms with E-state index in [2.05, 4.69) is 25.3 Å². The van der Waals surface area contributed by atoms with Crippen LogP contribution in [-0.4, -0.2) is 48.3 Å². The third kappa shape index (κ3) is 5.88. The third-order valence-electron chi connectivity index (χ3n) is 7.69. The van der Waals surface area contributed by atoms with E-state index >= 15 is 0 Å². The standard InChI is InChI=1S/C30H34N6O3S/c1-20-12-13-23-24(9-3-11-27(23)36-40(37,38)19-21-6-2-7-21)28(20)39-29-25(10-5-16-32-29)26-14-17-33-30(35-26)34-22-8-4-15-31-18-22/h3,5,9-14,16-17,21-22,31,36H,2,4,6-8,15,18-19H2,1H3,(H,33,34,35)/t22-/m0/s1. The Labute approximate surface area is 234 Å². The second-order valence-electron chi connectivity index (χ2n) is 10.7. The van der Waals surface area contributed by atoms with Gasteiger partial charge in [0, 0.05) is 35.8 Å². The molecular weight excluding hydrogens is 524 g/mol. The number of rotatable bonds is 9. The summed E-state index contributed by atoms with van der Waals surface area (Å²) < 4.78 is 35.1. The van der Waals surface area contributed by atoms with E-state index in [0.29, 0.717) is 29.0 Å². The number of aryl methyl sites for hydroxylation is 1. The predicted octanol–water partition coefficient (Wildman–Crippen LogP) is 5.50. The average molecular weight is 559 g/mol. The van der Waals surface area contributed by atoms with E-state index in [1.807, 2.05) is 49.4 Å². The lowest BCUT2D eigenvalue weighted by atomic mass is 9.87. The predicted molar refractivity (Wildman–Crippen MR) is 158 cm³/mol. The van der Waals surface area contributed by atoms with E-state index in [9.17, 15) is 8.42 Å². The minimum absolute atomic E-state index is 0.156. The van der Waals surface area contributed by atoms with Crippen LogP contribution in [0.25, 0.3) is 22.0 Å². The maximum atomic E-state index is 12.9. The van der Waals surface area contributed by atoms with Crippen LogP contribution in [0.15, 0.2) is 60.9 Å². The molecule has 4 aromatic rings. The third-order valence-corrected chi connectivity index (χ3v) is 9.13. The number of piperidine rings is 1. The molecule has 2 aromatic heterocycles. The number of pyridine rings is 1. The van der Waals surface area contributed by atoms with E-state index in [0.717, 1.165) is 67.1 Å². The number of nitrogens with zero attached hydrogens (tertiary/aromatic N) is 3. The molecule has 0 radical (unpaired) electrons. The smallest absolute Gasteiger partial charge is 0.233 e. The molecule has 2 aliphatic rings. The van der Waals surface area contributed by atoms with Gasteiger partial charge in [-0.3, -0.25) is 4.72 Å². The van der Waals surface area contributed by atoms with Crippen molar-refractivity contribution < 1.29 is 13.2 Å². The first-order valence-corrected chi connectivity index (χ1v) is 15.6. The van der Waals surface area contributed by atoms with Gasteiger partial charge in [-0.25, -0.2) is 23.4 Å². The Balaban J connectivity index is 1.30. The number of fused-ring (bicyclic) bond motifs is 1. The number of hydrogen-bond donors (Lipinski definition) is 3. The maximum absolute atomic E-state index is 12.9. The van der Waals surface area contributed by atoms with Crippen LogP contribution in [0.1, 0.15) is 37.7 Å². The molecule has 1 atom stereocenters. The molecule has 1 saturated carbocycles. The Hall–Kier alpha value is -3.76. The molecule has 40 heavy (non-hydrogen) atoms. The molecule has 10 heteroatoms. The van der Waals surface area contributed by atoms with Crippen LogP contribution in [0.2, 0.25) is 0 Å². The summed E-state index contributed by atoms with van der Waals surface area (Å²) in [5.74, 6) is 2.01. The number of anilines is 2. The number of nitrogens with one attached hydrogen (secondary N) is 3. The van der Waals surface area contributed by atoms with Crippen LogP contribution < -0.4 is 20.1 Å². The quantitative estimate of drug-likeness (QED) is 0.247. The first-order valence-electron chi connectivity index (χ1n) is 13.9. The Morgan fingerprint density at radius 2 is 1.88 bits per heavy atom. The van der Waals surface area contributed by atoms with Gasteiger partial charge >= 0.3 is 0 Å². The highest BCUT2D eigenvalue weighted by Gasteiger charge is 2.25. The fourth-order valence-corrected chi connectivity index (χ4v) is 6.89. The highest BCUT2D eigenvalue weighted by Crippen LogP contribution is 2.39. The Kier molecular flexibility index (Phi) is 7.53. The van der Waals surface area contributed by atoms with Crippen molar-refractivity contribution in [3.63, 3.8) is 0 Å². The summed E-state index contributed by atoms with van der Waals surface area (Å²) >= 11 is 0. The van der Waals surface area contributed by atoms with E-state index < -0.39 is 10.0 Å². The van der Waals surface area contributed by atoms with Gasteiger partial charge in [0.2, 0.25) is 21.9 Å². The molecule has 1 aliphatic heterocycles. The van der Waals surface area contributed by atoms with Crippen LogP contribution in [0.5, 0.6) is 11.6 Å². The van der Waals surface area contributed by atoms with Crippen molar-refractivity contribution in [2.24, 2.45) is 5.92 Å². The van der Waals surface area contributed by atoms with Crippen LogP contribution in [0.4, 0.5) is 11.6 Å².